The molecule has 2 aromatic heterocycles. The highest BCUT2D eigenvalue weighted by molar-refractivity contribution is 9.11. The van der Waals surface area contributed by atoms with Crippen LogP contribution in [-0.2, 0) is 11.4 Å². The predicted molar refractivity (Wildman–Crippen MR) is 111 cm³/mol. The first kappa shape index (κ1) is 18.3. The number of halogens is 1. The molecule has 0 saturated carbocycles. The van der Waals surface area contributed by atoms with Crippen LogP contribution in [0.25, 0.3) is 11.0 Å². The number of anilines is 1. The molecule has 1 aromatic carbocycles. The lowest BCUT2D eigenvalue weighted by Crippen LogP contribution is -2.17. The molecule has 7 nitrogen and oxygen atoms in total. The second kappa shape index (κ2) is 7.53. The number of carbonyl (C=O) groups excluding carboxylic acids is 1. The van der Waals surface area contributed by atoms with Gasteiger partial charge >= 0.3 is 0 Å². The van der Waals surface area contributed by atoms with Gasteiger partial charge in [0.05, 0.1) is 5.56 Å². The van der Waals surface area contributed by atoms with Gasteiger partial charge in [-0.2, -0.15) is 14.6 Å². The summed E-state index contributed by atoms with van der Waals surface area (Å²) in [5.74, 6) is 0.614. The molecule has 4 rings (SSSR count). The average molecular weight is 457 g/mol. The fraction of sp³-hybridized carbons (Fsp3) is 0.0526. The van der Waals surface area contributed by atoms with Gasteiger partial charge in [0, 0.05) is 10.1 Å². The summed E-state index contributed by atoms with van der Waals surface area (Å²) in [6.07, 6.45) is 6.11. The van der Waals surface area contributed by atoms with Gasteiger partial charge in [-0.05, 0) is 36.4 Å². The Balaban J connectivity index is 1.69. The quantitative estimate of drug-likeness (QED) is 0.605. The smallest absolute Gasteiger partial charge is 0.283 e. The first-order valence-electron chi connectivity index (χ1n) is 8.18. The maximum Gasteiger partial charge on any atom is 0.283 e. The molecule has 140 valence electrons. The summed E-state index contributed by atoms with van der Waals surface area (Å²) in [5.41, 5.74) is 6.10. The summed E-state index contributed by atoms with van der Waals surface area (Å²) in [4.78, 5) is 28.9. The number of nitrogens with zero attached hydrogens (tertiary/aromatic N) is 3. The molecule has 2 N–H and O–H groups in total. The van der Waals surface area contributed by atoms with E-state index in [9.17, 15) is 9.59 Å². The van der Waals surface area contributed by atoms with E-state index < -0.39 is 5.56 Å². The van der Waals surface area contributed by atoms with Crippen LogP contribution in [0.15, 0.2) is 63.4 Å². The molecule has 2 heterocycles. The molecule has 0 amide bonds. The number of hydrogen-bond acceptors (Lipinski definition) is 7. The number of aromatic nitrogens is 3. The normalized spacial score (nSPS) is 15.2. The highest BCUT2D eigenvalue weighted by atomic mass is 79.9. The van der Waals surface area contributed by atoms with Crippen LogP contribution in [-0.4, -0.2) is 20.4 Å². The third-order valence-electron chi connectivity index (χ3n) is 3.91. The molecule has 0 aliphatic heterocycles. The van der Waals surface area contributed by atoms with E-state index in [1.165, 1.54) is 28.0 Å². The fourth-order valence-electron chi connectivity index (χ4n) is 2.56. The number of para-hydroxylation sites is 1. The number of rotatable bonds is 4. The number of nitrogen functional groups attached to an aromatic ring is 1. The van der Waals surface area contributed by atoms with Gasteiger partial charge in [0.1, 0.15) is 18.2 Å². The molecule has 0 radical (unpaired) electrons. The van der Waals surface area contributed by atoms with E-state index in [1.807, 2.05) is 30.3 Å². The van der Waals surface area contributed by atoms with Crippen molar-refractivity contribution in [1.29, 1.82) is 0 Å². The van der Waals surface area contributed by atoms with E-state index in [1.54, 1.807) is 12.2 Å². The third-order valence-corrected chi connectivity index (χ3v) is 5.29. The zero-order valence-corrected chi connectivity index (χ0v) is 16.7. The van der Waals surface area contributed by atoms with Gasteiger partial charge in [0.2, 0.25) is 4.96 Å². The lowest BCUT2D eigenvalue weighted by atomic mass is 10.0. The number of fused-ring (bicyclic) bond motifs is 1. The average Bonchev–Trinajstić information content (AvgIpc) is 3.10. The summed E-state index contributed by atoms with van der Waals surface area (Å²) in [6.45, 7) is 0.223. The second-order valence-corrected chi connectivity index (χ2v) is 7.79. The van der Waals surface area contributed by atoms with Gasteiger partial charge in [-0.3, -0.25) is 9.59 Å². The van der Waals surface area contributed by atoms with Crippen molar-refractivity contribution in [2.24, 2.45) is 0 Å². The molecule has 28 heavy (non-hydrogen) atoms. The molecule has 0 spiro atoms. The van der Waals surface area contributed by atoms with Gasteiger partial charge in [-0.25, -0.2) is 0 Å². The maximum absolute atomic E-state index is 12.4. The Hall–Kier alpha value is -3.04. The standard InChI is InChI=1S/C19H13BrN4O3S/c20-12-6-7-15(25)11(8-12)9-14-17(21)24-19(22-18(14)26)28-16(23-24)10-27-13-4-2-1-3-5-13/h1-9H,10,21H2. The Morgan fingerprint density at radius 2 is 2.00 bits per heavy atom. The van der Waals surface area contributed by atoms with E-state index in [-0.39, 0.29) is 23.8 Å². The number of nitrogens with two attached hydrogens (primary N) is 1. The molecule has 9 heteroatoms. The van der Waals surface area contributed by atoms with E-state index >= 15 is 0 Å². The van der Waals surface area contributed by atoms with Gasteiger partial charge in [-0.1, -0.05) is 45.5 Å². The first-order valence-corrected chi connectivity index (χ1v) is 9.79. The van der Waals surface area contributed by atoms with Crippen LogP contribution in [0.5, 0.6) is 5.75 Å². The Morgan fingerprint density at radius 1 is 1.21 bits per heavy atom. The van der Waals surface area contributed by atoms with Crippen LogP contribution in [0.3, 0.4) is 0 Å². The number of benzene rings is 1. The monoisotopic (exact) mass is 456 g/mol. The molecular formula is C19H13BrN4O3S. The zero-order valence-electron chi connectivity index (χ0n) is 14.3. The van der Waals surface area contributed by atoms with Crippen LogP contribution in [0, 0.1) is 0 Å². The van der Waals surface area contributed by atoms with Crippen molar-refractivity contribution in [3.8, 4) is 5.75 Å². The van der Waals surface area contributed by atoms with Crippen LogP contribution in [0.4, 0.5) is 5.82 Å². The number of allylic oxidation sites excluding steroid dienone is 5. The van der Waals surface area contributed by atoms with Gasteiger partial charge < -0.3 is 10.5 Å². The molecule has 0 bridgehead atoms. The van der Waals surface area contributed by atoms with Crippen molar-refractivity contribution >= 4 is 49.9 Å². The molecule has 0 atom stereocenters. The lowest BCUT2D eigenvalue weighted by molar-refractivity contribution is -0.111. The van der Waals surface area contributed by atoms with Crippen molar-refractivity contribution in [2.45, 2.75) is 6.61 Å². The topological polar surface area (TPSA) is 99.6 Å². The number of carbonyl (C=O) groups is 1. The van der Waals surface area contributed by atoms with E-state index in [4.69, 9.17) is 10.5 Å². The Labute approximate surface area is 171 Å². The highest BCUT2D eigenvalue weighted by Crippen LogP contribution is 2.23. The number of ether oxygens (including phenoxy) is 1. The van der Waals surface area contributed by atoms with E-state index in [0.717, 1.165) is 4.48 Å². The summed E-state index contributed by atoms with van der Waals surface area (Å²) >= 11 is 4.53. The summed E-state index contributed by atoms with van der Waals surface area (Å²) in [6, 6.07) is 9.33. The summed E-state index contributed by atoms with van der Waals surface area (Å²) in [7, 11) is 0. The third kappa shape index (κ3) is 3.67. The minimum atomic E-state index is -0.518. The van der Waals surface area contributed by atoms with Crippen molar-refractivity contribution in [1.82, 2.24) is 14.6 Å². The van der Waals surface area contributed by atoms with E-state index in [2.05, 4.69) is 26.0 Å². The predicted octanol–water partition coefficient (Wildman–Crippen LogP) is 3.11. The first-order chi connectivity index (χ1) is 13.5. The Kier molecular flexibility index (Phi) is 4.93. The second-order valence-electron chi connectivity index (χ2n) is 5.83. The lowest BCUT2D eigenvalue weighted by Gasteiger charge is -2.06. The molecule has 1 aliphatic rings. The van der Waals surface area contributed by atoms with Crippen LogP contribution in [0.2, 0.25) is 0 Å². The number of hydrogen-bond donors (Lipinski definition) is 1. The molecule has 0 unspecified atom stereocenters. The largest absolute Gasteiger partial charge is 0.486 e. The minimum absolute atomic E-state index is 0.119. The zero-order chi connectivity index (χ0) is 19.7. The maximum atomic E-state index is 12.4. The van der Waals surface area contributed by atoms with Crippen molar-refractivity contribution in [3.05, 3.63) is 79.5 Å². The Bertz CT molecular complexity index is 1230. The number of ketones is 1. The molecule has 0 saturated heterocycles. The SMILES string of the molecule is Nc1c(C=C2C=C(Br)C=CC2=O)c(=O)nc2sc(COc3ccccc3)nn12. The van der Waals surface area contributed by atoms with Gasteiger partial charge in [0.15, 0.2) is 10.8 Å². The van der Waals surface area contributed by atoms with Crippen LogP contribution < -0.4 is 16.0 Å². The molecule has 0 fully saturated rings. The van der Waals surface area contributed by atoms with Crippen molar-refractivity contribution in [2.75, 3.05) is 5.73 Å². The molecular weight excluding hydrogens is 444 g/mol. The minimum Gasteiger partial charge on any atom is -0.486 e. The summed E-state index contributed by atoms with van der Waals surface area (Å²) < 4.78 is 7.80. The highest BCUT2D eigenvalue weighted by Gasteiger charge is 2.16. The van der Waals surface area contributed by atoms with Crippen molar-refractivity contribution < 1.29 is 9.53 Å². The van der Waals surface area contributed by atoms with Gasteiger partial charge in [0.25, 0.3) is 5.56 Å². The molecule has 1 aliphatic carbocycles. The molecule has 3 aromatic rings. The van der Waals surface area contributed by atoms with Crippen molar-refractivity contribution in [3.63, 3.8) is 0 Å². The Morgan fingerprint density at radius 3 is 2.79 bits per heavy atom. The fourth-order valence-corrected chi connectivity index (χ4v) is 3.75. The van der Waals surface area contributed by atoms with Gasteiger partial charge in [-0.15, -0.1) is 0 Å². The van der Waals surface area contributed by atoms with Crippen LogP contribution >= 0.6 is 27.3 Å². The van der Waals surface area contributed by atoms with Crippen LogP contribution in [0.1, 0.15) is 10.6 Å². The van der Waals surface area contributed by atoms with E-state index in [0.29, 0.717) is 21.3 Å². The summed E-state index contributed by atoms with van der Waals surface area (Å²) in [5, 5.41) is 5.00.